The van der Waals surface area contributed by atoms with Crippen molar-refractivity contribution in [3.05, 3.63) is 29.4 Å². The Morgan fingerprint density at radius 2 is 2.25 bits per heavy atom. The van der Waals surface area contributed by atoms with E-state index in [4.69, 9.17) is 10.3 Å². The average Bonchev–Trinajstić information content (AvgIpc) is 2.71. The Kier molecular flexibility index (Phi) is 2.57. The first-order valence-electron chi connectivity index (χ1n) is 4.64. The van der Waals surface area contributed by atoms with Crippen LogP contribution in [-0.4, -0.2) is 15.2 Å². The molecule has 0 saturated carbocycles. The molecule has 0 aliphatic heterocycles. The zero-order valence-corrected chi connectivity index (χ0v) is 8.57. The van der Waals surface area contributed by atoms with Crippen molar-refractivity contribution in [2.45, 2.75) is 13.5 Å². The van der Waals surface area contributed by atoms with Gasteiger partial charge in [0.15, 0.2) is 0 Å². The molecule has 5 nitrogen and oxygen atoms in total. The quantitative estimate of drug-likeness (QED) is 0.802. The average molecular weight is 223 g/mol. The van der Waals surface area contributed by atoms with Crippen LogP contribution in [0.3, 0.4) is 0 Å². The summed E-state index contributed by atoms with van der Waals surface area (Å²) in [5.41, 5.74) is 5.91. The summed E-state index contributed by atoms with van der Waals surface area (Å²) in [4.78, 5) is 3.91. The fraction of sp³-hybridized carbons (Fsp3) is 0.200. The third-order valence-electron chi connectivity index (χ3n) is 2.15. The predicted octanol–water partition coefficient (Wildman–Crippen LogP) is 1.35. The molecule has 0 unspecified atom stereocenters. The molecular formula is C10H10FN3O2. The summed E-state index contributed by atoms with van der Waals surface area (Å²) in [6.45, 7) is 1.69. The summed E-state index contributed by atoms with van der Waals surface area (Å²) in [5, 5.41) is 13.3. The van der Waals surface area contributed by atoms with Crippen molar-refractivity contribution in [1.82, 2.24) is 10.1 Å². The van der Waals surface area contributed by atoms with Gasteiger partial charge in [0.25, 0.3) is 0 Å². The van der Waals surface area contributed by atoms with Crippen molar-refractivity contribution >= 4 is 0 Å². The molecule has 0 saturated heterocycles. The van der Waals surface area contributed by atoms with E-state index in [0.717, 1.165) is 6.07 Å². The van der Waals surface area contributed by atoms with Crippen LogP contribution < -0.4 is 5.73 Å². The van der Waals surface area contributed by atoms with Crippen LogP contribution in [0.25, 0.3) is 11.4 Å². The number of hydrogen-bond donors (Lipinski definition) is 2. The minimum Gasteiger partial charge on any atom is -0.507 e. The second-order valence-electron chi connectivity index (χ2n) is 3.33. The van der Waals surface area contributed by atoms with Crippen LogP contribution in [0.2, 0.25) is 0 Å². The minimum absolute atomic E-state index is 0.0641. The Morgan fingerprint density at radius 3 is 2.88 bits per heavy atom. The lowest BCUT2D eigenvalue weighted by Gasteiger charge is -2.03. The lowest BCUT2D eigenvalue weighted by atomic mass is 10.1. The highest BCUT2D eigenvalue weighted by atomic mass is 19.1. The Bertz CT molecular complexity index is 525. The zero-order chi connectivity index (χ0) is 11.7. The van der Waals surface area contributed by atoms with Crippen molar-refractivity contribution in [2.75, 3.05) is 0 Å². The molecule has 6 heteroatoms. The van der Waals surface area contributed by atoms with E-state index in [1.807, 2.05) is 0 Å². The highest BCUT2D eigenvalue weighted by Gasteiger charge is 2.14. The summed E-state index contributed by atoms with van der Waals surface area (Å²) in [5.74, 6) is -0.174. The van der Waals surface area contributed by atoms with Crippen LogP contribution in [0.5, 0.6) is 5.75 Å². The Labute approximate surface area is 90.7 Å². The molecule has 3 N–H and O–H groups in total. The second kappa shape index (κ2) is 3.90. The van der Waals surface area contributed by atoms with Gasteiger partial charge < -0.3 is 15.4 Å². The number of nitrogens with zero attached hydrogens (tertiary/aromatic N) is 2. The molecule has 84 valence electrons. The van der Waals surface area contributed by atoms with Crippen molar-refractivity contribution in [3.8, 4) is 17.1 Å². The van der Waals surface area contributed by atoms with E-state index in [1.165, 1.54) is 6.07 Å². The SMILES string of the molecule is Cc1cc(F)cc(-c2noc(CN)n2)c1O. The molecule has 2 aromatic rings. The molecule has 16 heavy (non-hydrogen) atoms. The molecule has 0 bridgehead atoms. The number of benzene rings is 1. The van der Waals surface area contributed by atoms with Crippen molar-refractivity contribution in [3.63, 3.8) is 0 Å². The number of aromatic hydroxyl groups is 1. The van der Waals surface area contributed by atoms with E-state index in [-0.39, 0.29) is 29.6 Å². The summed E-state index contributed by atoms with van der Waals surface area (Å²) >= 11 is 0. The fourth-order valence-electron chi connectivity index (χ4n) is 1.35. The lowest BCUT2D eigenvalue weighted by Crippen LogP contribution is -1.95. The molecule has 0 spiro atoms. The Hall–Kier alpha value is -1.95. The monoisotopic (exact) mass is 223 g/mol. The third-order valence-corrected chi connectivity index (χ3v) is 2.15. The summed E-state index contributed by atoms with van der Waals surface area (Å²) < 4.78 is 17.9. The maximum atomic E-state index is 13.2. The van der Waals surface area contributed by atoms with Gasteiger partial charge in [0.2, 0.25) is 11.7 Å². The van der Waals surface area contributed by atoms with Crippen LogP contribution in [0, 0.1) is 12.7 Å². The normalized spacial score (nSPS) is 10.7. The van der Waals surface area contributed by atoms with E-state index in [0.29, 0.717) is 5.56 Å². The van der Waals surface area contributed by atoms with Crippen molar-refractivity contribution in [1.29, 1.82) is 0 Å². The fourth-order valence-corrected chi connectivity index (χ4v) is 1.35. The summed E-state index contributed by atoms with van der Waals surface area (Å²) in [6, 6.07) is 2.37. The largest absolute Gasteiger partial charge is 0.507 e. The Morgan fingerprint density at radius 1 is 1.50 bits per heavy atom. The maximum absolute atomic E-state index is 13.2. The van der Waals surface area contributed by atoms with Gasteiger partial charge in [0.1, 0.15) is 11.6 Å². The van der Waals surface area contributed by atoms with Crippen molar-refractivity contribution in [2.24, 2.45) is 5.73 Å². The topological polar surface area (TPSA) is 85.2 Å². The van der Waals surface area contributed by atoms with Crippen LogP contribution in [-0.2, 0) is 6.54 Å². The maximum Gasteiger partial charge on any atom is 0.240 e. The number of phenols is 1. The van der Waals surface area contributed by atoms with Crippen LogP contribution in [0.15, 0.2) is 16.7 Å². The van der Waals surface area contributed by atoms with E-state index < -0.39 is 5.82 Å². The number of hydrogen-bond acceptors (Lipinski definition) is 5. The molecule has 0 aliphatic rings. The summed E-state index contributed by atoms with van der Waals surface area (Å²) in [6.07, 6.45) is 0. The second-order valence-corrected chi connectivity index (χ2v) is 3.33. The molecule has 1 aromatic heterocycles. The first kappa shape index (κ1) is 10.6. The van der Waals surface area contributed by atoms with E-state index in [2.05, 4.69) is 10.1 Å². The number of phenolic OH excluding ortho intramolecular Hbond substituents is 1. The van der Waals surface area contributed by atoms with Gasteiger partial charge in [0.05, 0.1) is 12.1 Å². The van der Waals surface area contributed by atoms with Gasteiger partial charge in [-0.3, -0.25) is 0 Å². The molecule has 1 aromatic carbocycles. The van der Waals surface area contributed by atoms with Crippen LogP contribution in [0.4, 0.5) is 4.39 Å². The van der Waals surface area contributed by atoms with Crippen LogP contribution >= 0.6 is 0 Å². The Balaban J connectivity index is 2.54. The predicted molar refractivity (Wildman–Crippen MR) is 54.0 cm³/mol. The molecule has 0 fully saturated rings. The standard InChI is InChI=1S/C10H10FN3O2/c1-5-2-6(11)3-7(9(5)15)10-13-8(4-12)16-14-10/h2-3,15H,4,12H2,1H3. The highest BCUT2D eigenvalue weighted by molar-refractivity contribution is 5.65. The molecule has 0 radical (unpaired) electrons. The van der Waals surface area contributed by atoms with E-state index in [9.17, 15) is 9.50 Å². The van der Waals surface area contributed by atoms with Gasteiger partial charge in [-0.05, 0) is 24.6 Å². The first-order chi connectivity index (χ1) is 7.61. The molecular weight excluding hydrogens is 213 g/mol. The molecule has 1 heterocycles. The number of halogens is 1. The van der Waals surface area contributed by atoms with Crippen LogP contribution in [0.1, 0.15) is 11.5 Å². The highest BCUT2D eigenvalue weighted by Crippen LogP contribution is 2.30. The third kappa shape index (κ3) is 1.74. The number of rotatable bonds is 2. The molecule has 2 rings (SSSR count). The molecule has 0 amide bonds. The summed E-state index contributed by atoms with van der Waals surface area (Å²) in [7, 11) is 0. The lowest BCUT2D eigenvalue weighted by molar-refractivity contribution is 0.380. The van der Waals surface area contributed by atoms with E-state index in [1.54, 1.807) is 6.92 Å². The van der Waals surface area contributed by atoms with Gasteiger partial charge in [-0.15, -0.1) is 0 Å². The van der Waals surface area contributed by atoms with Gasteiger partial charge >= 0.3 is 0 Å². The van der Waals surface area contributed by atoms with Gasteiger partial charge in [0, 0.05) is 0 Å². The van der Waals surface area contributed by atoms with Crippen molar-refractivity contribution < 1.29 is 14.0 Å². The number of aryl methyl sites for hydroxylation is 1. The zero-order valence-electron chi connectivity index (χ0n) is 8.57. The van der Waals surface area contributed by atoms with Gasteiger partial charge in [-0.25, -0.2) is 4.39 Å². The van der Waals surface area contributed by atoms with Gasteiger partial charge in [-0.2, -0.15) is 4.98 Å². The van der Waals surface area contributed by atoms with Gasteiger partial charge in [-0.1, -0.05) is 5.16 Å². The van der Waals surface area contributed by atoms with E-state index >= 15 is 0 Å². The molecule has 0 atom stereocenters. The number of nitrogens with two attached hydrogens (primary N) is 1. The minimum atomic E-state index is -0.468. The molecule has 0 aliphatic carbocycles. The smallest absolute Gasteiger partial charge is 0.240 e. The first-order valence-corrected chi connectivity index (χ1v) is 4.64. The number of aromatic nitrogens is 2.